The summed E-state index contributed by atoms with van der Waals surface area (Å²) in [5.41, 5.74) is 5.97. The molecule has 0 saturated carbocycles. The fourth-order valence-electron chi connectivity index (χ4n) is 2.70. The largest absolute Gasteiger partial charge is 0.477 e. The van der Waals surface area contributed by atoms with Crippen molar-refractivity contribution in [3.8, 4) is 0 Å². The number of rotatable bonds is 7. The summed E-state index contributed by atoms with van der Waals surface area (Å²) >= 11 is 2.41. The summed E-state index contributed by atoms with van der Waals surface area (Å²) in [5.74, 6) is -1.83. The third-order valence-electron chi connectivity index (χ3n) is 3.87. The van der Waals surface area contributed by atoms with E-state index < -0.39 is 38.6 Å². The SMILES string of the molecule is NC1C(=O)N2C(C(=O)O)=C(C(CCS(N)(=O)=O)Sc3nnn[nH]3)CS[C@@H]12. The number of primary sulfonamides is 1. The highest BCUT2D eigenvalue weighted by Gasteiger charge is 2.52. The summed E-state index contributed by atoms with van der Waals surface area (Å²) in [6.45, 7) is 0. The van der Waals surface area contributed by atoms with Crippen LogP contribution in [0.2, 0.25) is 0 Å². The Balaban J connectivity index is 1.96. The first-order chi connectivity index (χ1) is 12.2. The zero-order valence-corrected chi connectivity index (χ0v) is 15.6. The molecule has 0 spiro atoms. The zero-order chi connectivity index (χ0) is 19.1. The van der Waals surface area contributed by atoms with Gasteiger partial charge in [0.25, 0.3) is 0 Å². The second-order valence-electron chi connectivity index (χ2n) is 5.58. The number of nitrogens with one attached hydrogen (secondary N) is 1. The molecule has 1 fully saturated rings. The Morgan fingerprint density at radius 2 is 2.27 bits per heavy atom. The highest BCUT2D eigenvalue weighted by Crippen LogP contribution is 2.43. The molecule has 3 rings (SSSR count). The Morgan fingerprint density at radius 1 is 1.54 bits per heavy atom. The Labute approximate surface area is 156 Å². The van der Waals surface area contributed by atoms with E-state index >= 15 is 0 Å². The lowest BCUT2D eigenvalue weighted by Gasteiger charge is -2.48. The van der Waals surface area contributed by atoms with Crippen molar-refractivity contribution in [2.24, 2.45) is 10.9 Å². The van der Waals surface area contributed by atoms with Crippen LogP contribution in [0, 0.1) is 0 Å². The molecule has 1 aromatic heterocycles. The van der Waals surface area contributed by atoms with Gasteiger partial charge >= 0.3 is 5.97 Å². The Morgan fingerprint density at radius 3 is 2.85 bits per heavy atom. The van der Waals surface area contributed by atoms with Crippen LogP contribution in [-0.4, -0.2) is 79.1 Å². The number of nitrogens with zero attached hydrogens (tertiary/aromatic N) is 4. The maximum atomic E-state index is 12.0. The van der Waals surface area contributed by atoms with Gasteiger partial charge in [0.1, 0.15) is 17.1 Å². The van der Waals surface area contributed by atoms with Gasteiger partial charge in [0.15, 0.2) is 0 Å². The lowest BCUT2D eigenvalue weighted by molar-refractivity contribution is -0.148. The smallest absolute Gasteiger partial charge is 0.352 e. The minimum absolute atomic E-state index is 0.0373. The highest BCUT2D eigenvalue weighted by atomic mass is 32.2. The summed E-state index contributed by atoms with van der Waals surface area (Å²) < 4.78 is 22.7. The molecule has 0 radical (unpaired) electrons. The number of aliphatic carboxylic acids is 1. The lowest BCUT2D eigenvalue weighted by Crippen LogP contribution is -2.68. The number of thioether (sulfide) groups is 2. The van der Waals surface area contributed by atoms with Crippen LogP contribution in [0.4, 0.5) is 0 Å². The molecular weight excluding hydrogens is 406 g/mol. The van der Waals surface area contributed by atoms with Gasteiger partial charge in [-0.2, -0.15) is 0 Å². The number of H-pyrrole nitrogens is 1. The Bertz CT molecular complexity index is 856. The standard InChI is InChI=1S/C11H15N7O5S3/c12-6-8(19)18-7(10(20)21)4(3-24-9(6)18)5(1-2-26(13,22)23)25-11-14-16-17-15-11/h5-6,9H,1-3,12H2,(H,20,21)(H2,13,22,23)(H,14,15,16,17)/t5?,6?,9-/m0/s1. The van der Waals surface area contributed by atoms with Gasteiger partial charge in [0.05, 0.1) is 5.75 Å². The van der Waals surface area contributed by atoms with Crippen LogP contribution in [0.1, 0.15) is 6.42 Å². The van der Waals surface area contributed by atoms with Crippen LogP contribution in [0.5, 0.6) is 0 Å². The van der Waals surface area contributed by atoms with Crippen molar-refractivity contribution in [3.63, 3.8) is 0 Å². The van der Waals surface area contributed by atoms with Crippen molar-refractivity contribution in [2.45, 2.75) is 28.2 Å². The highest BCUT2D eigenvalue weighted by molar-refractivity contribution is 8.01. The van der Waals surface area contributed by atoms with Crippen LogP contribution in [-0.2, 0) is 19.6 Å². The molecule has 0 aromatic carbocycles. The second-order valence-corrected chi connectivity index (χ2v) is 9.61. The number of amides is 1. The van der Waals surface area contributed by atoms with Gasteiger partial charge in [-0.05, 0) is 22.4 Å². The number of hydrogen-bond acceptors (Lipinski definition) is 10. The van der Waals surface area contributed by atoms with Gasteiger partial charge in [-0.1, -0.05) is 11.8 Å². The normalized spacial score (nSPS) is 24.2. The van der Waals surface area contributed by atoms with Crippen LogP contribution < -0.4 is 10.9 Å². The predicted molar refractivity (Wildman–Crippen MR) is 92.1 cm³/mol. The Kier molecular flexibility index (Phi) is 5.25. The third kappa shape index (κ3) is 3.71. The lowest BCUT2D eigenvalue weighted by atomic mass is 10.0. The predicted octanol–water partition coefficient (Wildman–Crippen LogP) is -2.08. The van der Waals surface area contributed by atoms with Gasteiger partial charge < -0.3 is 10.8 Å². The molecule has 2 aliphatic rings. The summed E-state index contributed by atoms with van der Waals surface area (Å²) in [6, 6.07) is -0.745. The molecule has 15 heteroatoms. The molecule has 1 saturated heterocycles. The summed E-state index contributed by atoms with van der Waals surface area (Å²) in [6.07, 6.45) is 0.0373. The van der Waals surface area contributed by atoms with Crippen LogP contribution >= 0.6 is 23.5 Å². The molecule has 0 bridgehead atoms. The molecule has 0 aliphatic carbocycles. The van der Waals surface area contributed by atoms with Crippen molar-refractivity contribution >= 4 is 45.4 Å². The number of fused-ring (bicyclic) bond motifs is 1. The molecule has 26 heavy (non-hydrogen) atoms. The summed E-state index contributed by atoms with van der Waals surface area (Å²) in [5, 5.41) is 27.1. The quantitative estimate of drug-likeness (QED) is 0.278. The topological polar surface area (TPSA) is 198 Å². The van der Waals surface area contributed by atoms with E-state index in [-0.39, 0.29) is 23.6 Å². The monoisotopic (exact) mass is 421 g/mol. The van der Waals surface area contributed by atoms with Crippen molar-refractivity contribution in [2.75, 3.05) is 11.5 Å². The number of hydrogen-bond donors (Lipinski definition) is 4. The van der Waals surface area contributed by atoms with E-state index in [1.165, 1.54) is 11.8 Å². The van der Waals surface area contributed by atoms with E-state index in [4.69, 9.17) is 10.9 Å². The van der Waals surface area contributed by atoms with Crippen LogP contribution in [0.3, 0.4) is 0 Å². The number of sulfonamides is 1. The van der Waals surface area contributed by atoms with E-state index in [9.17, 15) is 23.1 Å². The van der Waals surface area contributed by atoms with Gasteiger partial charge in [-0.15, -0.1) is 16.9 Å². The van der Waals surface area contributed by atoms with Crippen molar-refractivity contribution < 1.29 is 23.1 Å². The number of β-lactam (4-membered cyclic amide) rings is 1. The number of carbonyl (C=O) groups is 2. The number of aromatic amines is 1. The maximum Gasteiger partial charge on any atom is 0.352 e. The van der Waals surface area contributed by atoms with Gasteiger partial charge in [-0.3, -0.25) is 9.69 Å². The van der Waals surface area contributed by atoms with E-state index in [2.05, 4.69) is 20.6 Å². The first-order valence-corrected chi connectivity index (χ1v) is 10.9. The van der Waals surface area contributed by atoms with E-state index in [0.29, 0.717) is 10.7 Å². The van der Waals surface area contributed by atoms with Gasteiger partial charge in [0.2, 0.25) is 21.1 Å². The number of carbonyl (C=O) groups excluding carboxylic acids is 1. The zero-order valence-electron chi connectivity index (χ0n) is 13.1. The minimum atomic E-state index is -3.76. The molecule has 142 valence electrons. The molecule has 3 atom stereocenters. The number of carboxylic acid groups (broad SMARTS) is 1. The number of nitrogens with two attached hydrogens (primary N) is 2. The molecule has 1 amide bonds. The number of carboxylic acids is 1. The van der Waals surface area contributed by atoms with E-state index in [1.807, 2.05) is 0 Å². The van der Waals surface area contributed by atoms with Crippen molar-refractivity contribution in [3.05, 3.63) is 11.3 Å². The second kappa shape index (κ2) is 7.15. The maximum absolute atomic E-state index is 12.0. The molecule has 6 N–H and O–H groups in total. The van der Waals surface area contributed by atoms with E-state index in [0.717, 1.165) is 16.7 Å². The molecule has 12 nitrogen and oxygen atoms in total. The summed E-state index contributed by atoms with van der Waals surface area (Å²) in [4.78, 5) is 25.0. The van der Waals surface area contributed by atoms with Crippen molar-refractivity contribution in [1.82, 2.24) is 25.5 Å². The molecule has 3 heterocycles. The van der Waals surface area contributed by atoms with Gasteiger partial charge in [-0.25, -0.2) is 23.4 Å². The molecule has 2 unspecified atom stereocenters. The minimum Gasteiger partial charge on any atom is -0.477 e. The third-order valence-corrected chi connectivity index (χ3v) is 7.20. The number of aromatic nitrogens is 4. The van der Waals surface area contributed by atoms with E-state index in [1.54, 1.807) is 0 Å². The fourth-order valence-corrected chi connectivity index (χ4v) is 5.91. The fraction of sp³-hybridized carbons (Fsp3) is 0.545. The first kappa shape index (κ1) is 19.1. The molecule has 2 aliphatic heterocycles. The van der Waals surface area contributed by atoms with Crippen LogP contribution in [0.15, 0.2) is 16.4 Å². The first-order valence-electron chi connectivity index (χ1n) is 7.26. The molecular formula is C11H15N7O5S3. The van der Waals surface area contributed by atoms with Crippen LogP contribution in [0.25, 0.3) is 0 Å². The average Bonchev–Trinajstić information content (AvgIpc) is 3.08. The van der Waals surface area contributed by atoms with Crippen molar-refractivity contribution in [1.29, 1.82) is 0 Å². The summed E-state index contributed by atoms with van der Waals surface area (Å²) in [7, 11) is -3.76. The molecule has 1 aromatic rings. The average molecular weight is 421 g/mol. The Hall–Kier alpha value is -1.68. The number of tetrazole rings is 1. The van der Waals surface area contributed by atoms with Gasteiger partial charge in [0, 0.05) is 11.0 Å².